The summed E-state index contributed by atoms with van der Waals surface area (Å²) in [4.78, 5) is 10.3. The molecule has 0 saturated carbocycles. The number of hydrogen-bond donors (Lipinski definition) is 2. The van der Waals surface area contributed by atoms with Gasteiger partial charge in [0.15, 0.2) is 0 Å². The summed E-state index contributed by atoms with van der Waals surface area (Å²) in [6, 6.07) is 1.71. The standard InChI is InChI=1S/C11H20N4O/c1-5-9-13-8(12)6-10(14-9)15(4)7-11(2,3)16/h6,16H,5,7H2,1-4H3,(H2,12,13,14). The molecule has 0 amide bonds. The molecule has 0 fully saturated rings. The summed E-state index contributed by atoms with van der Waals surface area (Å²) in [6.45, 7) is 5.99. The predicted octanol–water partition coefficient (Wildman–Crippen LogP) is 0.828. The van der Waals surface area contributed by atoms with E-state index < -0.39 is 5.60 Å². The van der Waals surface area contributed by atoms with Crippen LogP contribution in [-0.2, 0) is 6.42 Å². The quantitative estimate of drug-likeness (QED) is 0.792. The summed E-state index contributed by atoms with van der Waals surface area (Å²) in [5.74, 6) is 1.92. The van der Waals surface area contributed by atoms with Gasteiger partial charge in [-0.25, -0.2) is 9.97 Å². The number of nitrogen functional groups attached to an aromatic ring is 1. The van der Waals surface area contributed by atoms with Crippen molar-refractivity contribution in [3.8, 4) is 0 Å². The third kappa shape index (κ3) is 3.66. The fourth-order valence-corrected chi connectivity index (χ4v) is 1.52. The molecule has 0 aromatic carbocycles. The van der Waals surface area contributed by atoms with Crippen molar-refractivity contribution < 1.29 is 5.11 Å². The van der Waals surface area contributed by atoms with Gasteiger partial charge in [0.2, 0.25) is 0 Å². The molecule has 0 aliphatic carbocycles. The van der Waals surface area contributed by atoms with Crippen molar-refractivity contribution in [1.29, 1.82) is 0 Å². The minimum Gasteiger partial charge on any atom is -0.389 e. The number of likely N-dealkylation sites (N-methyl/N-ethyl adjacent to an activating group) is 1. The Labute approximate surface area is 96.3 Å². The number of nitrogens with two attached hydrogens (primary N) is 1. The lowest BCUT2D eigenvalue weighted by molar-refractivity contribution is 0.0884. The van der Waals surface area contributed by atoms with Crippen molar-refractivity contribution >= 4 is 11.6 Å². The van der Waals surface area contributed by atoms with Crippen LogP contribution < -0.4 is 10.6 Å². The van der Waals surface area contributed by atoms with Gasteiger partial charge in [-0.05, 0) is 13.8 Å². The number of anilines is 2. The van der Waals surface area contributed by atoms with Crippen LogP contribution in [0.15, 0.2) is 6.07 Å². The summed E-state index contributed by atoms with van der Waals surface area (Å²) < 4.78 is 0. The van der Waals surface area contributed by atoms with E-state index in [9.17, 15) is 5.11 Å². The molecule has 0 radical (unpaired) electrons. The molecule has 5 heteroatoms. The third-order valence-corrected chi connectivity index (χ3v) is 2.11. The van der Waals surface area contributed by atoms with Crippen molar-refractivity contribution in [3.05, 3.63) is 11.9 Å². The van der Waals surface area contributed by atoms with Crippen LogP contribution in [0.3, 0.4) is 0 Å². The molecule has 1 rings (SSSR count). The fourth-order valence-electron chi connectivity index (χ4n) is 1.52. The van der Waals surface area contributed by atoms with E-state index in [0.717, 1.165) is 18.1 Å². The second-order valence-electron chi connectivity index (χ2n) is 4.59. The van der Waals surface area contributed by atoms with Gasteiger partial charge >= 0.3 is 0 Å². The molecule has 0 aliphatic heterocycles. The zero-order chi connectivity index (χ0) is 12.3. The van der Waals surface area contributed by atoms with Crippen LogP contribution in [0.25, 0.3) is 0 Å². The number of aryl methyl sites for hydroxylation is 1. The van der Waals surface area contributed by atoms with Crippen molar-refractivity contribution in [3.63, 3.8) is 0 Å². The Morgan fingerprint density at radius 2 is 2.06 bits per heavy atom. The molecule has 3 N–H and O–H groups in total. The van der Waals surface area contributed by atoms with Gasteiger partial charge in [-0.15, -0.1) is 0 Å². The van der Waals surface area contributed by atoms with E-state index in [1.165, 1.54) is 0 Å². The van der Waals surface area contributed by atoms with Crippen LogP contribution >= 0.6 is 0 Å². The van der Waals surface area contributed by atoms with E-state index in [2.05, 4.69) is 9.97 Å². The van der Waals surface area contributed by atoms with E-state index >= 15 is 0 Å². The fraction of sp³-hybridized carbons (Fsp3) is 0.636. The molecule has 16 heavy (non-hydrogen) atoms. The number of aliphatic hydroxyl groups is 1. The Morgan fingerprint density at radius 3 is 2.56 bits per heavy atom. The van der Waals surface area contributed by atoms with E-state index in [-0.39, 0.29) is 0 Å². The van der Waals surface area contributed by atoms with Gasteiger partial charge in [-0.2, -0.15) is 0 Å². The van der Waals surface area contributed by atoms with Gasteiger partial charge in [0, 0.05) is 26.1 Å². The first-order chi connectivity index (χ1) is 7.31. The summed E-state index contributed by atoms with van der Waals surface area (Å²) in [5, 5.41) is 9.73. The Bertz CT molecular complexity index is 359. The molecular formula is C11H20N4O. The SMILES string of the molecule is CCc1nc(N)cc(N(C)CC(C)(C)O)n1. The number of aromatic nitrogens is 2. The second-order valence-corrected chi connectivity index (χ2v) is 4.59. The van der Waals surface area contributed by atoms with Crippen LogP contribution in [0.1, 0.15) is 26.6 Å². The highest BCUT2D eigenvalue weighted by molar-refractivity contribution is 5.46. The lowest BCUT2D eigenvalue weighted by Crippen LogP contribution is -2.36. The Hall–Kier alpha value is -1.36. The van der Waals surface area contributed by atoms with Crippen LogP contribution in [0.4, 0.5) is 11.6 Å². The summed E-state index contributed by atoms with van der Waals surface area (Å²) in [5.41, 5.74) is 4.93. The average Bonchev–Trinajstić information content (AvgIpc) is 2.14. The molecule has 0 bridgehead atoms. The van der Waals surface area contributed by atoms with E-state index in [1.54, 1.807) is 19.9 Å². The molecule has 5 nitrogen and oxygen atoms in total. The zero-order valence-electron chi connectivity index (χ0n) is 10.4. The van der Waals surface area contributed by atoms with E-state index in [4.69, 9.17) is 5.73 Å². The van der Waals surface area contributed by atoms with Crippen molar-refractivity contribution in [1.82, 2.24) is 9.97 Å². The molecule has 0 atom stereocenters. The number of rotatable bonds is 4. The molecule has 0 spiro atoms. The minimum absolute atomic E-state index is 0.462. The molecule has 1 aromatic rings. The lowest BCUT2D eigenvalue weighted by atomic mass is 10.1. The second kappa shape index (κ2) is 4.65. The summed E-state index contributed by atoms with van der Waals surface area (Å²) in [6.07, 6.45) is 0.744. The Morgan fingerprint density at radius 1 is 1.44 bits per heavy atom. The first-order valence-corrected chi connectivity index (χ1v) is 5.39. The van der Waals surface area contributed by atoms with Crippen LogP contribution in [0.2, 0.25) is 0 Å². The molecular weight excluding hydrogens is 204 g/mol. The molecule has 90 valence electrons. The van der Waals surface area contributed by atoms with Gasteiger partial charge in [0.05, 0.1) is 5.60 Å². The maximum absolute atomic E-state index is 9.73. The van der Waals surface area contributed by atoms with Gasteiger partial charge in [0.25, 0.3) is 0 Å². The molecule has 1 heterocycles. The maximum Gasteiger partial charge on any atom is 0.134 e. The minimum atomic E-state index is -0.763. The number of hydrogen-bond acceptors (Lipinski definition) is 5. The molecule has 0 saturated heterocycles. The zero-order valence-corrected chi connectivity index (χ0v) is 10.4. The Balaban J connectivity index is 2.90. The van der Waals surface area contributed by atoms with E-state index in [0.29, 0.717) is 12.4 Å². The predicted molar refractivity (Wildman–Crippen MR) is 65.4 cm³/mol. The first-order valence-electron chi connectivity index (χ1n) is 5.39. The molecule has 0 unspecified atom stereocenters. The lowest BCUT2D eigenvalue weighted by Gasteiger charge is -2.26. The largest absolute Gasteiger partial charge is 0.389 e. The van der Waals surface area contributed by atoms with Gasteiger partial charge in [-0.1, -0.05) is 6.92 Å². The highest BCUT2D eigenvalue weighted by Gasteiger charge is 2.17. The molecule has 0 aliphatic rings. The third-order valence-electron chi connectivity index (χ3n) is 2.11. The monoisotopic (exact) mass is 224 g/mol. The highest BCUT2D eigenvalue weighted by Crippen LogP contribution is 2.15. The smallest absolute Gasteiger partial charge is 0.134 e. The average molecular weight is 224 g/mol. The highest BCUT2D eigenvalue weighted by atomic mass is 16.3. The first kappa shape index (κ1) is 12.7. The number of nitrogens with zero attached hydrogens (tertiary/aromatic N) is 3. The van der Waals surface area contributed by atoms with Crippen LogP contribution in [0, 0.1) is 0 Å². The van der Waals surface area contributed by atoms with Gasteiger partial charge < -0.3 is 15.7 Å². The van der Waals surface area contributed by atoms with Crippen molar-refractivity contribution in [2.75, 3.05) is 24.2 Å². The normalized spacial score (nSPS) is 11.6. The van der Waals surface area contributed by atoms with Crippen LogP contribution in [0.5, 0.6) is 0 Å². The summed E-state index contributed by atoms with van der Waals surface area (Å²) in [7, 11) is 1.87. The topological polar surface area (TPSA) is 75.3 Å². The maximum atomic E-state index is 9.73. The van der Waals surface area contributed by atoms with E-state index in [1.807, 2.05) is 18.9 Å². The Kier molecular flexibility index (Phi) is 3.70. The molecule has 1 aromatic heterocycles. The van der Waals surface area contributed by atoms with Crippen LogP contribution in [-0.4, -0.2) is 34.3 Å². The van der Waals surface area contributed by atoms with Crippen molar-refractivity contribution in [2.45, 2.75) is 32.8 Å². The van der Waals surface area contributed by atoms with Crippen molar-refractivity contribution in [2.24, 2.45) is 0 Å². The summed E-state index contributed by atoms with van der Waals surface area (Å²) >= 11 is 0. The van der Waals surface area contributed by atoms with Gasteiger partial charge in [0.1, 0.15) is 17.5 Å². The van der Waals surface area contributed by atoms with Gasteiger partial charge in [-0.3, -0.25) is 0 Å².